The van der Waals surface area contributed by atoms with Gasteiger partial charge >= 0.3 is 6.18 Å². The molecule has 0 amide bonds. The highest BCUT2D eigenvalue weighted by atomic mass is 19.4. The maximum atomic E-state index is 13.5. The second kappa shape index (κ2) is 4.12. The monoisotopic (exact) mass is 264 g/mol. The van der Waals surface area contributed by atoms with Crippen LogP contribution in [0.1, 0.15) is 52.9 Å². The van der Waals surface area contributed by atoms with Gasteiger partial charge in [-0.25, -0.2) is 0 Å². The first kappa shape index (κ1) is 14.2. The molecule has 0 aromatic heterocycles. The molecule has 0 radical (unpaired) electrons. The summed E-state index contributed by atoms with van der Waals surface area (Å²) in [6.07, 6.45) is -0.888. The summed E-state index contributed by atoms with van der Waals surface area (Å²) in [6.45, 7) is 4.82. The van der Waals surface area contributed by atoms with Crippen LogP contribution < -0.4 is 0 Å². The molecule has 0 aromatic rings. The van der Waals surface area contributed by atoms with Crippen LogP contribution in [0.15, 0.2) is 0 Å². The summed E-state index contributed by atoms with van der Waals surface area (Å²) in [4.78, 5) is 0. The van der Waals surface area contributed by atoms with Crippen molar-refractivity contribution in [3.63, 3.8) is 0 Å². The Hall–Kier alpha value is -0.250. The average molecular weight is 264 g/mol. The van der Waals surface area contributed by atoms with E-state index in [9.17, 15) is 18.3 Å². The van der Waals surface area contributed by atoms with E-state index in [1.807, 2.05) is 0 Å². The minimum atomic E-state index is -4.54. The Bertz CT molecular complexity index is 323. The Balaban J connectivity index is 2.38. The molecule has 2 aliphatic rings. The number of hydrogen-bond acceptors (Lipinski definition) is 1. The van der Waals surface area contributed by atoms with Gasteiger partial charge in [0.1, 0.15) is 0 Å². The maximum Gasteiger partial charge on any atom is 0.417 e. The lowest BCUT2D eigenvalue weighted by molar-refractivity contribution is -0.323. The van der Waals surface area contributed by atoms with Crippen molar-refractivity contribution in [1.29, 1.82) is 0 Å². The van der Waals surface area contributed by atoms with Crippen molar-refractivity contribution in [2.45, 2.75) is 64.7 Å². The Morgan fingerprint density at radius 3 is 2.06 bits per heavy atom. The lowest BCUT2D eigenvalue weighted by Crippen LogP contribution is -2.61. The van der Waals surface area contributed by atoms with Gasteiger partial charge in [0.15, 0.2) is 5.60 Å². The third-order valence-corrected chi connectivity index (χ3v) is 5.62. The van der Waals surface area contributed by atoms with E-state index in [1.165, 1.54) is 0 Å². The van der Waals surface area contributed by atoms with Gasteiger partial charge in [-0.2, -0.15) is 13.2 Å². The molecule has 4 unspecified atom stereocenters. The summed E-state index contributed by atoms with van der Waals surface area (Å²) in [5.74, 6) is -0.139. The van der Waals surface area contributed by atoms with Crippen molar-refractivity contribution in [3.05, 3.63) is 0 Å². The molecule has 0 aliphatic heterocycles. The summed E-state index contributed by atoms with van der Waals surface area (Å²) in [5, 5.41) is 10.6. The summed E-state index contributed by atoms with van der Waals surface area (Å²) < 4.78 is 40.5. The van der Waals surface area contributed by atoms with Crippen molar-refractivity contribution in [1.82, 2.24) is 0 Å². The van der Waals surface area contributed by atoms with E-state index in [1.54, 1.807) is 20.8 Å². The van der Waals surface area contributed by atoms with Crippen LogP contribution in [0.2, 0.25) is 0 Å². The van der Waals surface area contributed by atoms with Gasteiger partial charge in [-0.1, -0.05) is 27.2 Å². The first-order valence-corrected chi connectivity index (χ1v) is 6.92. The largest absolute Gasteiger partial charge is 0.417 e. The van der Waals surface area contributed by atoms with Gasteiger partial charge in [-0.05, 0) is 37.5 Å². The normalized spacial score (nSPS) is 35.8. The molecule has 0 spiro atoms. The minimum Gasteiger partial charge on any atom is -0.380 e. The number of alkyl halides is 3. The SMILES string of the molecule is CCC(C)(C)C(O)(C1CC2CCC1C2)C(F)(F)F. The molecule has 0 saturated heterocycles. The maximum absolute atomic E-state index is 13.5. The Labute approximate surface area is 107 Å². The summed E-state index contributed by atoms with van der Waals surface area (Å²) in [6, 6.07) is 0. The molecule has 2 saturated carbocycles. The highest BCUT2D eigenvalue weighted by Crippen LogP contribution is 2.60. The average Bonchev–Trinajstić information content (AvgIpc) is 2.87. The van der Waals surface area contributed by atoms with Crippen molar-refractivity contribution in [2.24, 2.45) is 23.2 Å². The van der Waals surface area contributed by atoms with E-state index in [0.29, 0.717) is 18.8 Å². The van der Waals surface area contributed by atoms with Gasteiger partial charge in [0.2, 0.25) is 0 Å². The Morgan fingerprint density at radius 2 is 1.72 bits per heavy atom. The topological polar surface area (TPSA) is 20.2 Å². The van der Waals surface area contributed by atoms with Crippen LogP contribution in [-0.2, 0) is 0 Å². The van der Waals surface area contributed by atoms with Crippen molar-refractivity contribution in [2.75, 3.05) is 0 Å². The fourth-order valence-corrected chi connectivity index (χ4v) is 4.12. The van der Waals surface area contributed by atoms with Gasteiger partial charge < -0.3 is 5.11 Å². The van der Waals surface area contributed by atoms with Gasteiger partial charge in [0.05, 0.1) is 0 Å². The van der Waals surface area contributed by atoms with E-state index < -0.39 is 23.1 Å². The van der Waals surface area contributed by atoms with E-state index in [0.717, 1.165) is 19.3 Å². The molecule has 2 fully saturated rings. The van der Waals surface area contributed by atoms with Crippen molar-refractivity contribution < 1.29 is 18.3 Å². The standard InChI is InChI=1S/C14H23F3O/c1-4-12(2,3)13(18,14(15,16)17)11-8-9-5-6-10(11)7-9/h9-11,18H,4-8H2,1-3H3. The Kier molecular flexibility index (Phi) is 3.24. The first-order chi connectivity index (χ1) is 8.13. The van der Waals surface area contributed by atoms with Crippen LogP contribution >= 0.6 is 0 Å². The van der Waals surface area contributed by atoms with E-state index in [-0.39, 0.29) is 5.92 Å². The van der Waals surface area contributed by atoms with Crippen LogP contribution in [0.4, 0.5) is 13.2 Å². The molecule has 4 atom stereocenters. The highest BCUT2D eigenvalue weighted by Gasteiger charge is 2.68. The van der Waals surface area contributed by atoms with E-state index >= 15 is 0 Å². The number of halogens is 3. The second-order valence-corrected chi connectivity index (χ2v) is 6.78. The molecule has 4 heteroatoms. The number of fused-ring (bicyclic) bond motifs is 2. The predicted octanol–water partition coefficient (Wildman–Crippen LogP) is 4.15. The van der Waals surface area contributed by atoms with Gasteiger partial charge in [-0.3, -0.25) is 0 Å². The van der Waals surface area contributed by atoms with Crippen LogP contribution in [0, 0.1) is 23.2 Å². The zero-order valence-corrected chi connectivity index (χ0v) is 11.3. The molecule has 18 heavy (non-hydrogen) atoms. The zero-order valence-electron chi connectivity index (χ0n) is 11.3. The fourth-order valence-electron chi connectivity index (χ4n) is 4.12. The second-order valence-electron chi connectivity index (χ2n) is 6.78. The molecular formula is C14H23F3O. The number of hydrogen-bond donors (Lipinski definition) is 1. The highest BCUT2D eigenvalue weighted by molar-refractivity contribution is 5.09. The van der Waals surface area contributed by atoms with Crippen LogP contribution in [0.5, 0.6) is 0 Å². The number of aliphatic hydroxyl groups is 1. The van der Waals surface area contributed by atoms with Crippen LogP contribution in [0.25, 0.3) is 0 Å². The molecule has 2 rings (SSSR count). The smallest absolute Gasteiger partial charge is 0.380 e. The van der Waals surface area contributed by atoms with Gasteiger partial charge in [-0.15, -0.1) is 0 Å². The zero-order chi connectivity index (χ0) is 13.8. The summed E-state index contributed by atoms with van der Waals surface area (Å²) in [7, 11) is 0. The first-order valence-electron chi connectivity index (χ1n) is 6.92. The molecule has 0 heterocycles. The van der Waals surface area contributed by atoms with Gasteiger partial charge in [0, 0.05) is 11.3 Å². The molecular weight excluding hydrogens is 241 g/mol. The molecule has 2 bridgehead atoms. The van der Waals surface area contributed by atoms with Crippen LogP contribution in [0.3, 0.4) is 0 Å². The molecule has 1 nitrogen and oxygen atoms in total. The third-order valence-electron chi connectivity index (χ3n) is 5.62. The number of rotatable bonds is 3. The quantitative estimate of drug-likeness (QED) is 0.811. The lowest BCUT2D eigenvalue weighted by Gasteiger charge is -2.49. The lowest BCUT2D eigenvalue weighted by atomic mass is 9.62. The van der Waals surface area contributed by atoms with Crippen LogP contribution in [-0.4, -0.2) is 16.9 Å². The molecule has 2 aliphatic carbocycles. The molecule has 0 aromatic carbocycles. The summed E-state index contributed by atoms with van der Waals surface area (Å²) >= 11 is 0. The van der Waals surface area contributed by atoms with Crippen molar-refractivity contribution >= 4 is 0 Å². The molecule has 106 valence electrons. The molecule has 1 N–H and O–H groups in total. The van der Waals surface area contributed by atoms with Crippen molar-refractivity contribution in [3.8, 4) is 0 Å². The minimum absolute atomic E-state index is 0.0625. The van der Waals surface area contributed by atoms with E-state index in [2.05, 4.69) is 0 Å². The van der Waals surface area contributed by atoms with E-state index in [4.69, 9.17) is 0 Å². The Morgan fingerprint density at radius 1 is 1.11 bits per heavy atom. The summed E-state index contributed by atoms with van der Waals surface area (Å²) in [5.41, 5.74) is -3.66. The third kappa shape index (κ3) is 1.79. The fraction of sp³-hybridized carbons (Fsp3) is 1.00. The predicted molar refractivity (Wildman–Crippen MR) is 64.0 cm³/mol. The van der Waals surface area contributed by atoms with Gasteiger partial charge in [0.25, 0.3) is 0 Å².